The molecular formula is C13H26. The monoisotopic (exact) mass is 182 g/mol. The predicted molar refractivity (Wildman–Crippen MR) is 59.7 cm³/mol. The van der Waals surface area contributed by atoms with E-state index in [2.05, 4.69) is 41.5 Å². The SMILES string of the molecule is CC(C)(C)C1CCC(C(C)(C)C)C1. The van der Waals surface area contributed by atoms with Crippen LogP contribution in [0.2, 0.25) is 0 Å². The lowest BCUT2D eigenvalue weighted by Gasteiger charge is -2.30. The summed E-state index contributed by atoms with van der Waals surface area (Å²) >= 11 is 0. The zero-order valence-electron chi connectivity index (χ0n) is 10.3. The molecule has 0 aromatic rings. The van der Waals surface area contributed by atoms with Crippen molar-refractivity contribution in [3.05, 3.63) is 0 Å². The highest BCUT2D eigenvalue weighted by Gasteiger charge is 2.37. The largest absolute Gasteiger partial charge is 0.0599 e. The maximum Gasteiger partial charge on any atom is -0.0354 e. The van der Waals surface area contributed by atoms with Crippen molar-refractivity contribution in [2.75, 3.05) is 0 Å². The van der Waals surface area contributed by atoms with Crippen LogP contribution < -0.4 is 0 Å². The Kier molecular flexibility index (Phi) is 2.81. The Balaban J connectivity index is 2.55. The summed E-state index contributed by atoms with van der Waals surface area (Å²) in [4.78, 5) is 0. The summed E-state index contributed by atoms with van der Waals surface area (Å²) in [6.45, 7) is 14.3. The first-order valence-corrected chi connectivity index (χ1v) is 5.71. The highest BCUT2D eigenvalue weighted by Crippen LogP contribution is 2.47. The van der Waals surface area contributed by atoms with Gasteiger partial charge in [0.05, 0.1) is 0 Å². The van der Waals surface area contributed by atoms with E-state index in [4.69, 9.17) is 0 Å². The van der Waals surface area contributed by atoms with Gasteiger partial charge in [-0.3, -0.25) is 0 Å². The summed E-state index contributed by atoms with van der Waals surface area (Å²) in [5, 5.41) is 0. The van der Waals surface area contributed by atoms with Crippen LogP contribution in [-0.4, -0.2) is 0 Å². The third-order valence-corrected chi connectivity index (χ3v) is 3.88. The molecule has 0 radical (unpaired) electrons. The molecule has 0 saturated heterocycles. The van der Waals surface area contributed by atoms with Crippen LogP contribution in [0.5, 0.6) is 0 Å². The molecule has 2 unspecified atom stereocenters. The fraction of sp³-hybridized carbons (Fsp3) is 1.00. The third kappa shape index (κ3) is 2.72. The first-order chi connectivity index (χ1) is 5.71. The second-order valence-corrected chi connectivity index (χ2v) is 6.94. The predicted octanol–water partition coefficient (Wildman–Crippen LogP) is 4.49. The van der Waals surface area contributed by atoms with E-state index in [0.717, 1.165) is 11.8 Å². The molecule has 2 atom stereocenters. The van der Waals surface area contributed by atoms with Crippen molar-refractivity contribution in [2.24, 2.45) is 22.7 Å². The van der Waals surface area contributed by atoms with Crippen molar-refractivity contribution < 1.29 is 0 Å². The minimum atomic E-state index is 0.528. The second-order valence-electron chi connectivity index (χ2n) is 6.94. The van der Waals surface area contributed by atoms with Crippen LogP contribution in [-0.2, 0) is 0 Å². The average Bonchev–Trinajstić information content (AvgIpc) is 2.28. The molecule has 0 nitrogen and oxygen atoms in total. The van der Waals surface area contributed by atoms with Crippen LogP contribution in [0, 0.1) is 22.7 Å². The van der Waals surface area contributed by atoms with E-state index in [1.165, 1.54) is 19.3 Å². The summed E-state index contributed by atoms with van der Waals surface area (Å²) in [7, 11) is 0. The Morgan fingerprint density at radius 2 is 1.00 bits per heavy atom. The van der Waals surface area contributed by atoms with Crippen LogP contribution in [0.4, 0.5) is 0 Å². The molecule has 0 N–H and O–H groups in total. The maximum absolute atomic E-state index is 2.39. The van der Waals surface area contributed by atoms with Gasteiger partial charge in [-0.15, -0.1) is 0 Å². The molecule has 0 aliphatic heterocycles. The Hall–Kier alpha value is 0. The van der Waals surface area contributed by atoms with Crippen molar-refractivity contribution in [3.8, 4) is 0 Å². The molecule has 78 valence electrons. The van der Waals surface area contributed by atoms with Gasteiger partial charge in [-0.1, -0.05) is 41.5 Å². The topological polar surface area (TPSA) is 0 Å². The van der Waals surface area contributed by atoms with E-state index in [0.29, 0.717) is 10.8 Å². The number of hydrogen-bond donors (Lipinski definition) is 0. The molecule has 0 amide bonds. The molecule has 0 aromatic heterocycles. The van der Waals surface area contributed by atoms with Gasteiger partial charge in [0.2, 0.25) is 0 Å². The van der Waals surface area contributed by atoms with E-state index in [1.54, 1.807) is 0 Å². The van der Waals surface area contributed by atoms with Crippen molar-refractivity contribution in [1.82, 2.24) is 0 Å². The minimum Gasteiger partial charge on any atom is -0.0599 e. The van der Waals surface area contributed by atoms with Crippen LogP contribution >= 0.6 is 0 Å². The van der Waals surface area contributed by atoms with Crippen LogP contribution in [0.1, 0.15) is 60.8 Å². The highest BCUT2D eigenvalue weighted by molar-refractivity contribution is 4.88. The van der Waals surface area contributed by atoms with Gasteiger partial charge in [0.25, 0.3) is 0 Å². The van der Waals surface area contributed by atoms with Crippen molar-refractivity contribution in [1.29, 1.82) is 0 Å². The Labute approximate surface area is 84.1 Å². The smallest absolute Gasteiger partial charge is 0.0354 e. The molecule has 13 heavy (non-hydrogen) atoms. The molecule has 1 aliphatic rings. The summed E-state index contributed by atoms with van der Waals surface area (Å²) in [5.74, 6) is 1.91. The summed E-state index contributed by atoms with van der Waals surface area (Å²) in [5.41, 5.74) is 1.06. The lowest BCUT2D eigenvalue weighted by Crippen LogP contribution is -2.21. The third-order valence-electron chi connectivity index (χ3n) is 3.88. The van der Waals surface area contributed by atoms with Gasteiger partial charge in [-0.25, -0.2) is 0 Å². The molecule has 1 aliphatic carbocycles. The molecule has 0 heteroatoms. The van der Waals surface area contributed by atoms with Gasteiger partial charge in [0, 0.05) is 0 Å². The van der Waals surface area contributed by atoms with Crippen LogP contribution in [0.25, 0.3) is 0 Å². The Morgan fingerprint density at radius 1 is 0.692 bits per heavy atom. The van der Waals surface area contributed by atoms with Crippen molar-refractivity contribution in [2.45, 2.75) is 60.8 Å². The summed E-state index contributed by atoms with van der Waals surface area (Å²) in [6, 6.07) is 0. The van der Waals surface area contributed by atoms with Gasteiger partial charge in [0.1, 0.15) is 0 Å². The molecule has 0 heterocycles. The number of hydrogen-bond acceptors (Lipinski definition) is 0. The van der Waals surface area contributed by atoms with Gasteiger partial charge in [0.15, 0.2) is 0 Å². The summed E-state index contributed by atoms with van der Waals surface area (Å²) in [6.07, 6.45) is 4.35. The first kappa shape index (κ1) is 11.1. The van der Waals surface area contributed by atoms with Gasteiger partial charge < -0.3 is 0 Å². The molecule has 0 bridgehead atoms. The molecule has 1 fully saturated rings. The molecule has 1 saturated carbocycles. The van der Waals surface area contributed by atoms with Gasteiger partial charge >= 0.3 is 0 Å². The Bertz CT molecular complexity index is 145. The van der Waals surface area contributed by atoms with E-state index in [1.807, 2.05) is 0 Å². The second kappa shape index (κ2) is 3.29. The number of rotatable bonds is 0. The fourth-order valence-corrected chi connectivity index (χ4v) is 2.55. The zero-order chi connectivity index (χ0) is 10.3. The molecular weight excluding hydrogens is 156 g/mol. The van der Waals surface area contributed by atoms with E-state index in [-0.39, 0.29) is 0 Å². The van der Waals surface area contributed by atoms with Gasteiger partial charge in [-0.05, 0) is 41.9 Å². The van der Waals surface area contributed by atoms with Crippen molar-refractivity contribution >= 4 is 0 Å². The van der Waals surface area contributed by atoms with E-state index >= 15 is 0 Å². The van der Waals surface area contributed by atoms with Crippen LogP contribution in [0.3, 0.4) is 0 Å². The standard InChI is InChI=1S/C13H26/c1-12(2,3)10-7-8-11(9-10)13(4,5)6/h10-11H,7-9H2,1-6H3. The average molecular weight is 182 g/mol. The fourth-order valence-electron chi connectivity index (χ4n) is 2.55. The van der Waals surface area contributed by atoms with E-state index < -0.39 is 0 Å². The highest BCUT2D eigenvalue weighted by atomic mass is 14.4. The van der Waals surface area contributed by atoms with Crippen LogP contribution in [0.15, 0.2) is 0 Å². The lowest BCUT2D eigenvalue weighted by atomic mass is 9.75. The van der Waals surface area contributed by atoms with E-state index in [9.17, 15) is 0 Å². The minimum absolute atomic E-state index is 0.528. The molecule has 1 rings (SSSR count). The first-order valence-electron chi connectivity index (χ1n) is 5.71. The lowest BCUT2D eigenvalue weighted by molar-refractivity contribution is 0.197. The molecule has 0 aromatic carbocycles. The Morgan fingerprint density at radius 3 is 1.15 bits per heavy atom. The summed E-state index contributed by atoms with van der Waals surface area (Å²) < 4.78 is 0. The quantitative estimate of drug-likeness (QED) is 0.517. The molecule has 0 spiro atoms. The van der Waals surface area contributed by atoms with Gasteiger partial charge in [-0.2, -0.15) is 0 Å². The zero-order valence-corrected chi connectivity index (χ0v) is 10.3. The van der Waals surface area contributed by atoms with Crippen molar-refractivity contribution in [3.63, 3.8) is 0 Å². The normalized spacial score (nSPS) is 30.9. The maximum atomic E-state index is 2.39.